The Morgan fingerprint density at radius 3 is 0.795 bits per heavy atom. The maximum Gasteiger partial charge on any atom is 0.162 e. The zero-order valence-electron chi connectivity index (χ0n) is 22.7. The first-order valence-electron chi connectivity index (χ1n) is 14.0. The average molecular weight is 525 g/mol. The lowest BCUT2D eigenvalue weighted by molar-refractivity contribution is -0.212. The van der Waals surface area contributed by atoms with Gasteiger partial charge in [-0.05, 0) is 47.9 Å². The molecule has 4 aromatic rings. The van der Waals surface area contributed by atoms with Gasteiger partial charge in [0.25, 0.3) is 0 Å². The highest BCUT2D eigenvalue weighted by Gasteiger charge is 2.20. The van der Waals surface area contributed by atoms with E-state index in [4.69, 9.17) is 18.9 Å². The molecule has 4 heteroatoms. The zero-order chi connectivity index (χ0) is 26.8. The lowest BCUT2D eigenvalue weighted by atomic mass is 10.2. The van der Waals surface area contributed by atoms with Crippen LogP contribution < -0.4 is 0 Å². The Morgan fingerprint density at radius 1 is 0.333 bits per heavy atom. The Hall–Kier alpha value is -3.28. The van der Waals surface area contributed by atoms with Gasteiger partial charge in [-0.3, -0.25) is 0 Å². The third-order valence-electron chi connectivity index (χ3n) is 6.53. The monoisotopic (exact) mass is 524 g/mol. The van der Waals surface area contributed by atoms with Crippen LogP contribution in [0.5, 0.6) is 0 Å². The molecule has 0 saturated heterocycles. The van der Waals surface area contributed by atoms with Gasteiger partial charge >= 0.3 is 0 Å². The molecule has 0 N–H and O–H groups in total. The standard InChI is InChI=1S/C35H40O4/c1-5-13-30(14-6-1)21-25-36-34(37-26-22-31-15-7-2-8-16-31)29-35(38-27-23-32-17-9-3-10-18-32)39-28-24-33-19-11-4-12-20-33/h1-20,34-35H,21-29H2. The second-order valence-corrected chi connectivity index (χ2v) is 9.52. The van der Waals surface area contributed by atoms with Gasteiger partial charge in [0.05, 0.1) is 26.4 Å². The van der Waals surface area contributed by atoms with E-state index in [2.05, 4.69) is 97.1 Å². The summed E-state index contributed by atoms with van der Waals surface area (Å²) in [6.45, 7) is 2.28. The SMILES string of the molecule is c1ccc(CCOC(CC(OCCc2ccccc2)OCCc2ccccc2)OCCc2ccccc2)cc1. The number of ether oxygens (including phenoxy) is 4. The van der Waals surface area contributed by atoms with Crippen molar-refractivity contribution in [1.29, 1.82) is 0 Å². The zero-order valence-corrected chi connectivity index (χ0v) is 22.7. The summed E-state index contributed by atoms with van der Waals surface area (Å²) in [6.07, 6.45) is 2.97. The van der Waals surface area contributed by atoms with E-state index in [1.807, 2.05) is 24.3 Å². The van der Waals surface area contributed by atoms with E-state index < -0.39 is 12.6 Å². The average Bonchev–Trinajstić information content (AvgIpc) is 2.99. The molecule has 0 unspecified atom stereocenters. The summed E-state index contributed by atoms with van der Waals surface area (Å²) in [7, 11) is 0. The smallest absolute Gasteiger partial charge is 0.162 e. The number of hydrogen-bond donors (Lipinski definition) is 0. The second-order valence-electron chi connectivity index (χ2n) is 9.52. The Kier molecular flexibility index (Phi) is 12.8. The fourth-order valence-corrected chi connectivity index (χ4v) is 4.34. The molecule has 0 saturated carbocycles. The summed E-state index contributed by atoms with van der Waals surface area (Å²) >= 11 is 0. The second kappa shape index (κ2) is 17.3. The Labute approximate surface area is 233 Å². The van der Waals surface area contributed by atoms with Gasteiger partial charge in [0.2, 0.25) is 0 Å². The highest BCUT2D eigenvalue weighted by Crippen LogP contribution is 2.14. The van der Waals surface area contributed by atoms with Gasteiger partial charge in [-0.15, -0.1) is 0 Å². The first kappa shape index (κ1) is 28.7. The van der Waals surface area contributed by atoms with Gasteiger partial charge in [0.15, 0.2) is 12.6 Å². The molecule has 39 heavy (non-hydrogen) atoms. The molecule has 0 aromatic heterocycles. The molecular weight excluding hydrogens is 484 g/mol. The van der Waals surface area contributed by atoms with E-state index in [1.165, 1.54) is 22.3 Å². The summed E-state index contributed by atoms with van der Waals surface area (Å²) in [5, 5.41) is 0. The van der Waals surface area contributed by atoms with E-state index in [-0.39, 0.29) is 0 Å². The molecule has 0 aliphatic rings. The number of hydrogen-bond acceptors (Lipinski definition) is 4. The van der Waals surface area contributed by atoms with Crippen LogP contribution in [0, 0.1) is 0 Å². The predicted octanol–water partition coefficient (Wildman–Crippen LogP) is 7.07. The number of benzene rings is 4. The maximum atomic E-state index is 6.26. The first-order chi connectivity index (χ1) is 19.3. The summed E-state index contributed by atoms with van der Waals surface area (Å²) in [6, 6.07) is 41.5. The molecule has 4 nitrogen and oxygen atoms in total. The molecule has 4 rings (SSSR count). The molecule has 0 aliphatic heterocycles. The minimum absolute atomic E-state index is 0.420. The van der Waals surface area contributed by atoms with Crippen LogP contribution in [-0.2, 0) is 44.6 Å². The van der Waals surface area contributed by atoms with Crippen molar-refractivity contribution in [3.05, 3.63) is 144 Å². The predicted molar refractivity (Wildman–Crippen MR) is 157 cm³/mol. The van der Waals surface area contributed by atoms with Gasteiger partial charge < -0.3 is 18.9 Å². The van der Waals surface area contributed by atoms with Crippen LogP contribution in [0.1, 0.15) is 28.7 Å². The van der Waals surface area contributed by atoms with Crippen LogP contribution in [0.15, 0.2) is 121 Å². The fraction of sp³-hybridized carbons (Fsp3) is 0.314. The normalized spacial score (nSPS) is 11.3. The van der Waals surface area contributed by atoms with E-state index in [0.717, 1.165) is 25.7 Å². The van der Waals surface area contributed by atoms with Gasteiger partial charge in [0.1, 0.15) is 0 Å². The summed E-state index contributed by atoms with van der Waals surface area (Å²) in [4.78, 5) is 0. The molecular formula is C35H40O4. The maximum absolute atomic E-state index is 6.26. The molecule has 0 bridgehead atoms. The quantitative estimate of drug-likeness (QED) is 0.131. The van der Waals surface area contributed by atoms with Gasteiger partial charge in [-0.2, -0.15) is 0 Å². The largest absolute Gasteiger partial charge is 0.352 e. The first-order valence-corrected chi connectivity index (χ1v) is 14.0. The van der Waals surface area contributed by atoms with Crippen molar-refractivity contribution in [2.45, 2.75) is 44.7 Å². The molecule has 4 aromatic carbocycles. The van der Waals surface area contributed by atoms with Crippen molar-refractivity contribution in [2.75, 3.05) is 26.4 Å². The minimum Gasteiger partial charge on any atom is -0.352 e. The Morgan fingerprint density at radius 2 is 0.564 bits per heavy atom. The molecule has 0 amide bonds. The van der Waals surface area contributed by atoms with Crippen LogP contribution >= 0.6 is 0 Å². The van der Waals surface area contributed by atoms with E-state index >= 15 is 0 Å². The third kappa shape index (κ3) is 11.6. The van der Waals surface area contributed by atoms with Gasteiger partial charge in [-0.25, -0.2) is 0 Å². The number of rotatable bonds is 18. The molecule has 0 aliphatic carbocycles. The topological polar surface area (TPSA) is 36.9 Å². The fourth-order valence-electron chi connectivity index (χ4n) is 4.34. The molecule has 0 atom stereocenters. The van der Waals surface area contributed by atoms with Crippen LogP contribution in [0.3, 0.4) is 0 Å². The van der Waals surface area contributed by atoms with Crippen molar-refractivity contribution < 1.29 is 18.9 Å². The van der Waals surface area contributed by atoms with Crippen LogP contribution in [0.25, 0.3) is 0 Å². The third-order valence-corrected chi connectivity index (χ3v) is 6.53. The molecule has 0 radical (unpaired) electrons. The lowest BCUT2D eigenvalue weighted by Crippen LogP contribution is -2.30. The Balaban J connectivity index is 1.34. The van der Waals surface area contributed by atoms with Crippen LogP contribution in [-0.4, -0.2) is 39.0 Å². The van der Waals surface area contributed by atoms with E-state index in [1.54, 1.807) is 0 Å². The minimum atomic E-state index is -0.420. The molecule has 204 valence electrons. The van der Waals surface area contributed by atoms with Crippen molar-refractivity contribution in [1.82, 2.24) is 0 Å². The Bertz CT molecular complexity index is 952. The molecule has 0 heterocycles. The van der Waals surface area contributed by atoms with Crippen molar-refractivity contribution in [3.8, 4) is 0 Å². The van der Waals surface area contributed by atoms with Crippen molar-refractivity contribution in [3.63, 3.8) is 0 Å². The van der Waals surface area contributed by atoms with Gasteiger partial charge in [0, 0.05) is 6.42 Å². The van der Waals surface area contributed by atoms with Gasteiger partial charge in [-0.1, -0.05) is 121 Å². The van der Waals surface area contributed by atoms with Crippen LogP contribution in [0.2, 0.25) is 0 Å². The molecule has 0 fully saturated rings. The van der Waals surface area contributed by atoms with Crippen LogP contribution in [0.4, 0.5) is 0 Å². The van der Waals surface area contributed by atoms with Crippen molar-refractivity contribution >= 4 is 0 Å². The summed E-state index contributed by atoms with van der Waals surface area (Å²) < 4.78 is 25.0. The highest BCUT2D eigenvalue weighted by molar-refractivity contribution is 5.16. The molecule has 0 spiro atoms. The van der Waals surface area contributed by atoms with E-state index in [0.29, 0.717) is 32.8 Å². The summed E-state index contributed by atoms with van der Waals surface area (Å²) in [5.41, 5.74) is 4.98. The highest BCUT2D eigenvalue weighted by atomic mass is 16.7. The van der Waals surface area contributed by atoms with Crippen molar-refractivity contribution in [2.24, 2.45) is 0 Å². The van der Waals surface area contributed by atoms with E-state index in [9.17, 15) is 0 Å². The lowest BCUT2D eigenvalue weighted by Gasteiger charge is -2.25. The summed E-state index contributed by atoms with van der Waals surface area (Å²) in [5.74, 6) is 0.